The number of nitrogens with one attached hydrogen (secondary N) is 1. The zero-order valence-electron chi connectivity index (χ0n) is 13.0. The molecule has 0 saturated heterocycles. The molecule has 0 aliphatic rings. The van der Waals surface area contributed by atoms with E-state index in [1.54, 1.807) is 6.07 Å². The van der Waals surface area contributed by atoms with Gasteiger partial charge in [-0.15, -0.1) is 0 Å². The highest BCUT2D eigenvalue weighted by Crippen LogP contribution is 2.16. The van der Waals surface area contributed by atoms with E-state index in [2.05, 4.69) is 5.32 Å². The van der Waals surface area contributed by atoms with Gasteiger partial charge in [-0.25, -0.2) is 4.79 Å². The second-order valence-corrected chi connectivity index (χ2v) is 5.34. The van der Waals surface area contributed by atoms with Crippen LogP contribution in [-0.4, -0.2) is 17.0 Å². The number of benzene rings is 2. The van der Waals surface area contributed by atoms with Crippen LogP contribution in [0.4, 0.5) is 5.69 Å². The van der Waals surface area contributed by atoms with Crippen LogP contribution in [0.1, 0.15) is 23.1 Å². The lowest BCUT2D eigenvalue weighted by molar-refractivity contribution is -0.131. The fourth-order valence-corrected chi connectivity index (χ4v) is 2.27. The van der Waals surface area contributed by atoms with Crippen LogP contribution in [0, 0.1) is 6.92 Å². The van der Waals surface area contributed by atoms with Crippen molar-refractivity contribution in [1.82, 2.24) is 0 Å². The lowest BCUT2D eigenvalue weighted by Gasteiger charge is -2.08. The van der Waals surface area contributed by atoms with E-state index < -0.39 is 5.97 Å². The Kier molecular flexibility index (Phi) is 5.69. The van der Waals surface area contributed by atoms with Crippen molar-refractivity contribution in [2.24, 2.45) is 0 Å². The molecule has 2 aromatic carbocycles. The Bertz CT molecular complexity index is 721. The van der Waals surface area contributed by atoms with Crippen LogP contribution in [0.3, 0.4) is 0 Å². The van der Waals surface area contributed by atoms with Gasteiger partial charge in [0.25, 0.3) is 0 Å². The SMILES string of the molecule is Cc1cc(/C=C/C(=O)O)cc(NC(=O)CCc2ccccc2)c1. The van der Waals surface area contributed by atoms with E-state index in [1.807, 2.05) is 49.4 Å². The summed E-state index contributed by atoms with van der Waals surface area (Å²) in [6.45, 7) is 1.90. The van der Waals surface area contributed by atoms with Crippen molar-refractivity contribution >= 4 is 23.6 Å². The first-order valence-corrected chi connectivity index (χ1v) is 7.39. The molecule has 4 heteroatoms. The van der Waals surface area contributed by atoms with E-state index in [0.717, 1.165) is 22.8 Å². The molecule has 0 heterocycles. The van der Waals surface area contributed by atoms with Gasteiger partial charge < -0.3 is 10.4 Å². The van der Waals surface area contributed by atoms with Gasteiger partial charge in [0.15, 0.2) is 0 Å². The van der Waals surface area contributed by atoms with Gasteiger partial charge >= 0.3 is 5.97 Å². The maximum Gasteiger partial charge on any atom is 0.328 e. The topological polar surface area (TPSA) is 66.4 Å². The highest BCUT2D eigenvalue weighted by Gasteiger charge is 2.04. The van der Waals surface area contributed by atoms with E-state index >= 15 is 0 Å². The summed E-state index contributed by atoms with van der Waals surface area (Å²) in [5, 5.41) is 11.5. The summed E-state index contributed by atoms with van der Waals surface area (Å²) in [4.78, 5) is 22.6. The molecule has 2 rings (SSSR count). The first kappa shape index (κ1) is 16.5. The number of carboxylic acids is 1. The maximum atomic E-state index is 12.1. The second kappa shape index (κ2) is 7.94. The van der Waals surface area contributed by atoms with Crippen molar-refractivity contribution in [2.45, 2.75) is 19.8 Å². The summed E-state index contributed by atoms with van der Waals surface area (Å²) in [6.07, 6.45) is 3.67. The van der Waals surface area contributed by atoms with Crippen LogP contribution >= 0.6 is 0 Å². The Morgan fingerprint density at radius 2 is 1.87 bits per heavy atom. The minimum atomic E-state index is -1.00. The quantitative estimate of drug-likeness (QED) is 0.800. The fourth-order valence-electron chi connectivity index (χ4n) is 2.27. The summed E-state index contributed by atoms with van der Waals surface area (Å²) in [6, 6.07) is 15.3. The minimum absolute atomic E-state index is 0.0624. The standard InChI is InChI=1S/C19H19NO3/c1-14-11-16(8-10-19(22)23)13-17(12-14)20-18(21)9-7-15-5-3-2-4-6-15/h2-6,8,10-13H,7,9H2,1H3,(H,20,21)(H,22,23)/b10-8+. The number of carbonyl (C=O) groups is 2. The summed E-state index contributed by atoms with van der Waals surface area (Å²) in [5.74, 6) is -1.06. The molecule has 23 heavy (non-hydrogen) atoms. The molecule has 2 aromatic rings. The molecular weight excluding hydrogens is 290 g/mol. The first-order valence-electron chi connectivity index (χ1n) is 7.39. The predicted molar refractivity (Wildman–Crippen MR) is 91.2 cm³/mol. The van der Waals surface area contributed by atoms with Gasteiger partial charge in [0, 0.05) is 18.2 Å². The lowest BCUT2D eigenvalue weighted by atomic mass is 10.1. The van der Waals surface area contributed by atoms with Crippen LogP contribution < -0.4 is 5.32 Å². The molecule has 0 unspecified atom stereocenters. The Labute approximate surface area is 135 Å². The number of amides is 1. The zero-order valence-corrected chi connectivity index (χ0v) is 13.0. The predicted octanol–water partition coefficient (Wildman–Crippen LogP) is 3.66. The van der Waals surface area contributed by atoms with Crippen molar-refractivity contribution in [3.05, 3.63) is 71.3 Å². The third kappa shape index (κ3) is 5.79. The number of aliphatic carboxylic acids is 1. The normalized spacial score (nSPS) is 10.7. The van der Waals surface area contributed by atoms with Crippen molar-refractivity contribution in [2.75, 3.05) is 5.32 Å². The van der Waals surface area contributed by atoms with Crippen molar-refractivity contribution < 1.29 is 14.7 Å². The summed E-state index contributed by atoms with van der Waals surface area (Å²) in [5.41, 5.74) is 3.49. The van der Waals surface area contributed by atoms with Crippen LogP contribution in [0.2, 0.25) is 0 Å². The van der Waals surface area contributed by atoms with Gasteiger partial charge in [-0.05, 0) is 48.2 Å². The Morgan fingerprint density at radius 3 is 2.57 bits per heavy atom. The number of anilines is 1. The Hall–Kier alpha value is -2.88. The molecule has 0 atom stereocenters. The molecular formula is C19H19NO3. The van der Waals surface area contributed by atoms with Crippen LogP contribution in [0.15, 0.2) is 54.6 Å². The summed E-state index contributed by atoms with van der Waals surface area (Å²) < 4.78 is 0. The van der Waals surface area contributed by atoms with E-state index in [1.165, 1.54) is 6.08 Å². The van der Waals surface area contributed by atoms with Crippen LogP contribution in [0.25, 0.3) is 6.08 Å². The molecule has 0 aromatic heterocycles. The molecule has 0 spiro atoms. The van der Waals surface area contributed by atoms with Gasteiger partial charge in [-0.2, -0.15) is 0 Å². The summed E-state index contributed by atoms with van der Waals surface area (Å²) in [7, 11) is 0. The minimum Gasteiger partial charge on any atom is -0.478 e. The molecule has 0 bridgehead atoms. The molecule has 1 amide bonds. The monoisotopic (exact) mass is 309 g/mol. The number of rotatable bonds is 6. The van der Waals surface area contributed by atoms with Crippen molar-refractivity contribution in [3.63, 3.8) is 0 Å². The van der Waals surface area contributed by atoms with Gasteiger partial charge in [0.2, 0.25) is 5.91 Å². The number of hydrogen-bond acceptors (Lipinski definition) is 2. The van der Waals surface area contributed by atoms with Gasteiger partial charge in [-0.1, -0.05) is 36.4 Å². The third-order valence-corrected chi connectivity index (χ3v) is 3.29. The molecule has 4 nitrogen and oxygen atoms in total. The highest BCUT2D eigenvalue weighted by atomic mass is 16.4. The average Bonchev–Trinajstić information content (AvgIpc) is 2.51. The number of aryl methyl sites for hydroxylation is 2. The van der Waals surface area contributed by atoms with E-state index in [0.29, 0.717) is 18.5 Å². The number of hydrogen-bond donors (Lipinski definition) is 2. The van der Waals surface area contributed by atoms with Crippen molar-refractivity contribution in [3.8, 4) is 0 Å². The van der Waals surface area contributed by atoms with E-state index in [-0.39, 0.29) is 5.91 Å². The molecule has 0 fully saturated rings. The molecule has 0 aliphatic carbocycles. The largest absolute Gasteiger partial charge is 0.478 e. The number of carboxylic acid groups (broad SMARTS) is 1. The van der Waals surface area contributed by atoms with Crippen molar-refractivity contribution in [1.29, 1.82) is 0 Å². The Balaban J connectivity index is 1.98. The zero-order chi connectivity index (χ0) is 16.7. The van der Waals surface area contributed by atoms with E-state index in [4.69, 9.17) is 5.11 Å². The molecule has 0 aliphatic heterocycles. The van der Waals surface area contributed by atoms with Crippen LogP contribution in [-0.2, 0) is 16.0 Å². The highest BCUT2D eigenvalue weighted by molar-refractivity contribution is 5.91. The average molecular weight is 309 g/mol. The molecule has 118 valence electrons. The number of carbonyl (C=O) groups excluding carboxylic acids is 1. The van der Waals surface area contributed by atoms with Crippen LogP contribution in [0.5, 0.6) is 0 Å². The first-order chi connectivity index (χ1) is 11.0. The lowest BCUT2D eigenvalue weighted by Crippen LogP contribution is -2.12. The molecule has 2 N–H and O–H groups in total. The summed E-state index contributed by atoms with van der Waals surface area (Å²) >= 11 is 0. The van der Waals surface area contributed by atoms with Gasteiger partial charge in [0.1, 0.15) is 0 Å². The smallest absolute Gasteiger partial charge is 0.328 e. The van der Waals surface area contributed by atoms with Gasteiger partial charge in [-0.3, -0.25) is 4.79 Å². The molecule has 0 saturated carbocycles. The van der Waals surface area contributed by atoms with E-state index in [9.17, 15) is 9.59 Å². The molecule has 0 radical (unpaired) electrons. The maximum absolute atomic E-state index is 12.1. The fraction of sp³-hybridized carbons (Fsp3) is 0.158. The second-order valence-electron chi connectivity index (χ2n) is 5.34. The Morgan fingerprint density at radius 1 is 1.13 bits per heavy atom. The third-order valence-electron chi connectivity index (χ3n) is 3.29. The van der Waals surface area contributed by atoms with Gasteiger partial charge in [0.05, 0.1) is 0 Å².